The zero-order valence-electron chi connectivity index (χ0n) is 12.2. The maximum atomic E-state index is 12.1. The summed E-state index contributed by atoms with van der Waals surface area (Å²) in [7, 11) is 1.69. The van der Waals surface area contributed by atoms with Crippen molar-refractivity contribution >= 4 is 57.2 Å². The first kappa shape index (κ1) is 17.5. The summed E-state index contributed by atoms with van der Waals surface area (Å²) < 4.78 is 5.11. The third kappa shape index (κ3) is 4.34. The number of thiazole rings is 1. The van der Waals surface area contributed by atoms with E-state index in [0.717, 1.165) is 11.3 Å². The van der Waals surface area contributed by atoms with Gasteiger partial charge in [0.1, 0.15) is 4.88 Å². The molecule has 2 rings (SSSR count). The van der Waals surface area contributed by atoms with E-state index in [1.165, 1.54) is 13.1 Å². The Labute approximate surface area is 146 Å². The van der Waals surface area contributed by atoms with Crippen molar-refractivity contribution in [2.75, 3.05) is 17.7 Å². The number of halogens is 2. The molecular weight excluding hydrogens is 361 g/mol. The van der Waals surface area contributed by atoms with Gasteiger partial charge in [-0.3, -0.25) is 4.79 Å². The van der Waals surface area contributed by atoms with E-state index in [2.05, 4.69) is 15.6 Å². The zero-order chi connectivity index (χ0) is 17.0. The van der Waals surface area contributed by atoms with Crippen LogP contribution in [0.5, 0.6) is 0 Å². The van der Waals surface area contributed by atoms with Gasteiger partial charge in [-0.25, -0.2) is 9.78 Å². The Morgan fingerprint density at radius 3 is 2.74 bits per heavy atom. The molecule has 1 amide bonds. The monoisotopic (exact) mass is 373 g/mol. The minimum Gasteiger partial charge on any atom is -0.448 e. The van der Waals surface area contributed by atoms with Gasteiger partial charge in [0.2, 0.25) is 0 Å². The Balaban J connectivity index is 1.99. The van der Waals surface area contributed by atoms with Crippen molar-refractivity contribution in [1.82, 2.24) is 4.98 Å². The number of anilines is 2. The molecule has 122 valence electrons. The lowest BCUT2D eigenvalue weighted by Crippen LogP contribution is -2.29. The van der Waals surface area contributed by atoms with Crippen LogP contribution in [-0.2, 0) is 9.53 Å². The third-order valence-corrected chi connectivity index (χ3v) is 4.60. The fourth-order valence-corrected chi connectivity index (χ4v) is 2.59. The number of nitrogens with zero attached hydrogens (tertiary/aromatic N) is 1. The van der Waals surface area contributed by atoms with E-state index in [-0.39, 0.29) is 5.02 Å². The fourth-order valence-electron chi connectivity index (χ4n) is 1.59. The largest absolute Gasteiger partial charge is 0.448 e. The number of hydrogen-bond donors (Lipinski definition) is 2. The molecule has 9 heteroatoms. The van der Waals surface area contributed by atoms with Crippen molar-refractivity contribution < 1.29 is 14.3 Å². The maximum absolute atomic E-state index is 12.1. The highest BCUT2D eigenvalue weighted by atomic mass is 35.5. The Morgan fingerprint density at radius 1 is 1.35 bits per heavy atom. The number of benzene rings is 1. The van der Waals surface area contributed by atoms with Gasteiger partial charge in [0.05, 0.1) is 21.9 Å². The lowest BCUT2D eigenvalue weighted by atomic mass is 10.3. The minimum absolute atomic E-state index is 0.224. The van der Waals surface area contributed by atoms with Gasteiger partial charge in [-0.15, -0.1) is 0 Å². The second-order valence-electron chi connectivity index (χ2n) is 4.42. The number of hydrogen-bond acceptors (Lipinski definition) is 6. The molecule has 0 unspecified atom stereocenters. The van der Waals surface area contributed by atoms with Crippen LogP contribution in [0.15, 0.2) is 24.4 Å². The summed E-state index contributed by atoms with van der Waals surface area (Å²) in [4.78, 5) is 28.3. The molecule has 1 atom stereocenters. The minimum atomic E-state index is -1.00. The predicted octanol–water partition coefficient (Wildman–Crippen LogP) is 3.68. The summed E-state index contributed by atoms with van der Waals surface area (Å²) in [6, 6.07) is 4.85. The Morgan fingerprint density at radius 2 is 2.09 bits per heavy atom. The van der Waals surface area contributed by atoms with Crippen LogP contribution in [0.2, 0.25) is 10.0 Å². The van der Waals surface area contributed by atoms with Crippen LogP contribution in [-0.4, -0.2) is 30.0 Å². The normalized spacial score (nSPS) is 11.7. The molecule has 0 saturated heterocycles. The Hall–Kier alpha value is -1.83. The second-order valence-corrected chi connectivity index (χ2v) is 6.23. The molecule has 1 heterocycles. The number of carbonyl (C=O) groups is 2. The number of rotatable bonds is 5. The molecule has 0 radical (unpaired) electrons. The Kier molecular flexibility index (Phi) is 5.81. The molecule has 1 aromatic carbocycles. The van der Waals surface area contributed by atoms with Gasteiger partial charge in [-0.05, 0) is 19.1 Å². The first-order chi connectivity index (χ1) is 10.9. The first-order valence-corrected chi connectivity index (χ1v) is 8.09. The number of nitrogens with one attached hydrogen (secondary N) is 2. The van der Waals surface area contributed by atoms with Gasteiger partial charge in [-0.1, -0.05) is 40.6 Å². The average molecular weight is 374 g/mol. The average Bonchev–Trinajstić information content (AvgIpc) is 3.00. The zero-order valence-corrected chi connectivity index (χ0v) is 14.6. The van der Waals surface area contributed by atoms with E-state index in [1.807, 2.05) is 0 Å². The molecule has 0 aliphatic rings. The molecule has 0 aliphatic carbocycles. The molecular formula is C14H13Cl2N3O3S. The second kappa shape index (κ2) is 7.63. The smallest absolute Gasteiger partial charge is 0.350 e. The van der Waals surface area contributed by atoms with E-state index in [1.54, 1.807) is 25.2 Å². The predicted molar refractivity (Wildman–Crippen MR) is 91.6 cm³/mol. The molecule has 2 N–H and O–H groups in total. The van der Waals surface area contributed by atoms with Crippen molar-refractivity contribution in [3.05, 3.63) is 39.3 Å². The molecule has 0 saturated carbocycles. The number of carbonyl (C=O) groups excluding carboxylic acids is 2. The van der Waals surface area contributed by atoms with Crippen LogP contribution in [0, 0.1) is 0 Å². The van der Waals surface area contributed by atoms with Crippen LogP contribution >= 0.6 is 34.5 Å². The number of ether oxygens (including phenoxy) is 1. The van der Waals surface area contributed by atoms with Gasteiger partial charge in [-0.2, -0.15) is 0 Å². The van der Waals surface area contributed by atoms with Crippen LogP contribution in [0.25, 0.3) is 0 Å². The summed E-state index contributed by atoms with van der Waals surface area (Å²) in [5.41, 5.74) is 0.349. The van der Waals surface area contributed by atoms with Crippen molar-refractivity contribution in [3.63, 3.8) is 0 Å². The topological polar surface area (TPSA) is 80.3 Å². The van der Waals surface area contributed by atoms with E-state index in [9.17, 15) is 9.59 Å². The molecule has 1 aromatic heterocycles. The molecule has 0 aliphatic heterocycles. The summed E-state index contributed by atoms with van der Waals surface area (Å²) in [6.45, 7) is 1.46. The first-order valence-electron chi connectivity index (χ1n) is 6.51. The lowest BCUT2D eigenvalue weighted by molar-refractivity contribution is -0.123. The third-order valence-electron chi connectivity index (χ3n) is 2.78. The Bertz CT molecular complexity index is 736. The van der Waals surface area contributed by atoms with Crippen molar-refractivity contribution in [2.24, 2.45) is 0 Å². The van der Waals surface area contributed by atoms with Gasteiger partial charge in [0, 0.05) is 7.05 Å². The van der Waals surface area contributed by atoms with Crippen LogP contribution < -0.4 is 10.6 Å². The summed E-state index contributed by atoms with van der Waals surface area (Å²) in [5, 5.41) is 6.51. The number of amides is 1. The van der Waals surface area contributed by atoms with Gasteiger partial charge in [0.15, 0.2) is 11.2 Å². The quantitative estimate of drug-likeness (QED) is 0.781. The molecule has 6 nitrogen and oxygen atoms in total. The van der Waals surface area contributed by atoms with Crippen molar-refractivity contribution in [3.8, 4) is 0 Å². The van der Waals surface area contributed by atoms with Crippen LogP contribution in [0.4, 0.5) is 10.8 Å². The number of esters is 1. The highest BCUT2D eigenvalue weighted by Crippen LogP contribution is 2.29. The maximum Gasteiger partial charge on any atom is 0.350 e. The molecule has 0 spiro atoms. The molecule has 0 bridgehead atoms. The van der Waals surface area contributed by atoms with E-state index < -0.39 is 18.0 Å². The van der Waals surface area contributed by atoms with E-state index in [0.29, 0.717) is 20.7 Å². The molecule has 2 aromatic rings. The SMILES string of the molecule is CNc1ncc(C(=O)O[C@H](C)C(=O)Nc2cccc(Cl)c2Cl)s1. The number of aromatic nitrogens is 1. The fraction of sp³-hybridized carbons (Fsp3) is 0.214. The summed E-state index contributed by atoms with van der Waals surface area (Å²) in [6.07, 6.45) is 0.384. The summed E-state index contributed by atoms with van der Waals surface area (Å²) >= 11 is 13.0. The van der Waals surface area contributed by atoms with Gasteiger partial charge in [0.25, 0.3) is 5.91 Å². The highest BCUT2D eigenvalue weighted by Gasteiger charge is 2.21. The van der Waals surface area contributed by atoms with E-state index >= 15 is 0 Å². The highest BCUT2D eigenvalue weighted by molar-refractivity contribution is 7.17. The molecule has 23 heavy (non-hydrogen) atoms. The van der Waals surface area contributed by atoms with Crippen LogP contribution in [0.3, 0.4) is 0 Å². The van der Waals surface area contributed by atoms with Gasteiger partial charge < -0.3 is 15.4 Å². The van der Waals surface area contributed by atoms with E-state index in [4.69, 9.17) is 27.9 Å². The van der Waals surface area contributed by atoms with Gasteiger partial charge >= 0.3 is 5.97 Å². The summed E-state index contributed by atoms with van der Waals surface area (Å²) in [5.74, 6) is -1.13. The standard InChI is InChI=1S/C14H13Cl2N3O3S/c1-7(22-13(21)10-6-18-14(17-2)23-10)12(20)19-9-5-3-4-8(15)11(9)16/h3-7H,1-2H3,(H,17,18)(H,19,20)/t7-/m1/s1. The van der Waals surface area contributed by atoms with Crippen molar-refractivity contribution in [2.45, 2.75) is 13.0 Å². The van der Waals surface area contributed by atoms with Crippen LogP contribution in [0.1, 0.15) is 16.6 Å². The van der Waals surface area contributed by atoms with Crippen molar-refractivity contribution in [1.29, 1.82) is 0 Å². The molecule has 0 fully saturated rings. The lowest BCUT2D eigenvalue weighted by Gasteiger charge is -2.14.